The lowest BCUT2D eigenvalue weighted by Crippen LogP contribution is -2.66. The molecule has 0 bridgehead atoms. The summed E-state index contributed by atoms with van der Waals surface area (Å²) in [6.45, 7) is 4.39. The predicted molar refractivity (Wildman–Crippen MR) is 118 cm³/mol. The third kappa shape index (κ3) is 3.92. The monoisotopic (exact) mass is 489 g/mol. The molecule has 2 aromatic heterocycles. The van der Waals surface area contributed by atoms with E-state index in [1.54, 1.807) is 4.52 Å². The number of aromatic nitrogens is 3. The van der Waals surface area contributed by atoms with Gasteiger partial charge in [0.15, 0.2) is 5.82 Å². The molecule has 1 spiro atoms. The summed E-state index contributed by atoms with van der Waals surface area (Å²) in [5.74, 6) is -0.0862. The molecule has 3 heterocycles. The number of nitrogens with zero attached hydrogens (tertiary/aromatic N) is 5. The number of halogens is 4. The van der Waals surface area contributed by atoms with E-state index in [1.807, 2.05) is 17.3 Å². The lowest BCUT2D eigenvalue weighted by atomic mass is 9.60. The van der Waals surface area contributed by atoms with Gasteiger partial charge in [-0.2, -0.15) is 18.3 Å². The van der Waals surface area contributed by atoms with Crippen molar-refractivity contribution in [3.63, 3.8) is 0 Å². The Morgan fingerprint density at radius 2 is 1.94 bits per heavy atom. The second kappa shape index (κ2) is 8.13. The summed E-state index contributed by atoms with van der Waals surface area (Å²) < 4.78 is 54.2. The first-order valence-corrected chi connectivity index (χ1v) is 12.2. The lowest BCUT2D eigenvalue weighted by Gasteiger charge is -2.60. The molecule has 5 rings (SSSR count). The second-order valence-electron chi connectivity index (χ2n) is 9.88. The maximum Gasteiger partial charge on any atom is 0.391 e. The maximum absolute atomic E-state index is 12.9. The van der Waals surface area contributed by atoms with Gasteiger partial charge < -0.3 is 4.90 Å². The Kier molecular flexibility index (Phi) is 5.69. The predicted octanol–water partition coefficient (Wildman–Crippen LogP) is 4.19. The highest BCUT2D eigenvalue weighted by Gasteiger charge is 2.54. The van der Waals surface area contributed by atoms with E-state index in [0.29, 0.717) is 24.5 Å². The zero-order valence-electron chi connectivity index (χ0n) is 17.9. The average molecular weight is 490 g/mol. The molecular formula is C21H27ClF3N5OS. The molecule has 0 atom stereocenters. The molecule has 2 aliphatic carbocycles. The fourth-order valence-electron chi connectivity index (χ4n) is 5.90. The molecule has 0 radical (unpaired) electrons. The van der Waals surface area contributed by atoms with Gasteiger partial charge in [-0.1, -0.05) is 11.6 Å². The molecule has 0 amide bonds. The van der Waals surface area contributed by atoms with Gasteiger partial charge in [0, 0.05) is 31.1 Å². The molecule has 0 N–H and O–H groups in total. The van der Waals surface area contributed by atoms with E-state index in [-0.39, 0.29) is 42.1 Å². The minimum absolute atomic E-state index is 0.0192. The Hall–Kier alpha value is -1.39. The number of alkyl halides is 3. The molecule has 3 aliphatic rings. The van der Waals surface area contributed by atoms with E-state index in [1.165, 1.54) is 6.33 Å². The molecule has 2 aromatic rings. The van der Waals surface area contributed by atoms with Gasteiger partial charge in [0.2, 0.25) is 0 Å². The Balaban J connectivity index is 1.15. The van der Waals surface area contributed by atoms with Crippen molar-refractivity contribution >= 4 is 34.8 Å². The van der Waals surface area contributed by atoms with Gasteiger partial charge in [0.1, 0.15) is 17.0 Å². The summed E-state index contributed by atoms with van der Waals surface area (Å²) in [6.07, 6.45) is 0.856. The minimum Gasteiger partial charge on any atom is -0.354 e. The van der Waals surface area contributed by atoms with E-state index in [4.69, 9.17) is 11.6 Å². The molecule has 2 saturated carbocycles. The van der Waals surface area contributed by atoms with E-state index in [2.05, 4.69) is 15.0 Å². The van der Waals surface area contributed by atoms with Crippen molar-refractivity contribution in [3.8, 4) is 0 Å². The van der Waals surface area contributed by atoms with E-state index >= 15 is 0 Å². The van der Waals surface area contributed by atoms with Crippen LogP contribution in [0.1, 0.15) is 44.1 Å². The van der Waals surface area contributed by atoms with Gasteiger partial charge in [-0.25, -0.2) is 18.0 Å². The summed E-state index contributed by atoms with van der Waals surface area (Å²) in [4.78, 5) is 6.74. The Bertz CT molecular complexity index is 1010. The molecule has 176 valence electrons. The molecule has 32 heavy (non-hydrogen) atoms. The highest BCUT2D eigenvalue weighted by atomic mass is 35.5. The molecule has 1 saturated heterocycles. The smallest absolute Gasteiger partial charge is 0.354 e. The largest absolute Gasteiger partial charge is 0.391 e. The number of aryl methyl sites for hydroxylation is 1. The molecule has 11 heteroatoms. The van der Waals surface area contributed by atoms with Gasteiger partial charge in [-0.3, -0.25) is 0 Å². The van der Waals surface area contributed by atoms with Crippen LogP contribution in [0.4, 0.5) is 19.0 Å². The molecule has 1 aliphatic heterocycles. The third-order valence-corrected chi connectivity index (χ3v) is 8.62. The van der Waals surface area contributed by atoms with Crippen molar-refractivity contribution in [1.82, 2.24) is 18.9 Å². The number of hydrogen-bond donors (Lipinski definition) is 1. The molecule has 0 aromatic carbocycles. The standard InChI is InChI=1S/C21H27ClF3N5OS/c1-13-6-17(22)30-18(13)19(26-12-27-30)28-10-20(11-28)7-16(8-20)29(32-31)9-14-2-4-15(5-3-14)21(23,24)25/h6,12,14-16,32H,2-5,7-11H2,1H3. The Morgan fingerprint density at radius 3 is 2.56 bits per heavy atom. The average Bonchev–Trinajstić information content (AvgIpc) is 2.99. The van der Waals surface area contributed by atoms with Crippen molar-refractivity contribution in [2.45, 2.75) is 57.7 Å². The number of fused-ring (bicyclic) bond motifs is 1. The second-order valence-corrected chi connectivity index (χ2v) is 10.9. The van der Waals surface area contributed by atoms with Crippen LogP contribution in [0.5, 0.6) is 0 Å². The van der Waals surface area contributed by atoms with Gasteiger partial charge in [-0.05, 0) is 63.0 Å². The normalized spacial score (nSPS) is 26.0. The quantitative estimate of drug-likeness (QED) is 0.640. The van der Waals surface area contributed by atoms with E-state index in [9.17, 15) is 17.4 Å². The van der Waals surface area contributed by atoms with Crippen LogP contribution in [-0.2, 0) is 11.9 Å². The van der Waals surface area contributed by atoms with Crippen LogP contribution in [0, 0.1) is 24.2 Å². The van der Waals surface area contributed by atoms with E-state index in [0.717, 1.165) is 42.8 Å². The molecular weight excluding hydrogens is 463 g/mol. The van der Waals surface area contributed by atoms with Crippen LogP contribution in [-0.4, -0.2) is 55.0 Å². The van der Waals surface area contributed by atoms with Crippen molar-refractivity contribution in [3.05, 3.63) is 23.1 Å². The number of rotatable bonds is 5. The van der Waals surface area contributed by atoms with Crippen LogP contribution < -0.4 is 4.90 Å². The first-order valence-electron chi connectivity index (χ1n) is 11.1. The van der Waals surface area contributed by atoms with Crippen molar-refractivity contribution in [2.24, 2.45) is 17.3 Å². The zero-order chi connectivity index (χ0) is 22.7. The Labute approximate surface area is 193 Å². The lowest BCUT2D eigenvalue weighted by molar-refractivity contribution is -0.184. The number of anilines is 1. The summed E-state index contributed by atoms with van der Waals surface area (Å²) in [7, 11) is 0. The Morgan fingerprint density at radius 1 is 1.25 bits per heavy atom. The topological polar surface area (TPSA) is 53.7 Å². The fourth-order valence-corrected chi connectivity index (χ4v) is 6.78. The van der Waals surface area contributed by atoms with Crippen molar-refractivity contribution < 1.29 is 17.4 Å². The SMILES string of the molecule is Cc1cc(Cl)n2ncnc(N3CC4(CC(N(CC5CCC(C(F)(F)F)CC5)[SH]=O)C4)C3)c12. The third-order valence-electron chi connectivity index (χ3n) is 7.65. The van der Waals surface area contributed by atoms with Crippen molar-refractivity contribution in [2.75, 3.05) is 24.5 Å². The van der Waals surface area contributed by atoms with E-state index < -0.39 is 12.1 Å². The van der Waals surface area contributed by atoms with Gasteiger partial charge in [-0.15, -0.1) is 0 Å². The summed E-state index contributed by atoms with van der Waals surface area (Å²) >= 11 is 6.23. The zero-order valence-corrected chi connectivity index (χ0v) is 19.5. The summed E-state index contributed by atoms with van der Waals surface area (Å²) in [6, 6.07) is 2.11. The van der Waals surface area contributed by atoms with Crippen LogP contribution in [0.3, 0.4) is 0 Å². The van der Waals surface area contributed by atoms with Gasteiger partial charge >= 0.3 is 6.18 Å². The summed E-state index contributed by atoms with van der Waals surface area (Å²) in [5, 5.41) is 4.80. The van der Waals surface area contributed by atoms with Crippen LogP contribution in [0.15, 0.2) is 12.4 Å². The maximum atomic E-state index is 12.9. The highest BCUT2D eigenvalue weighted by Crippen LogP contribution is 2.52. The highest BCUT2D eigenvalue weighted by molar-refractivity contribution is 7.63. The first-order chi connectivity index (χ1) is 15.2. The van der Waals surface area contributed by atoms with Crippen LogP contribution in [0.2, 0.25) is 5.15 Å². The summed E-state index contributed by atoms with van der Waals surface area (Å²) in [5.41, 5.74) is 2.17. The number of hydrogen-bond acceptors (Lipinski definition) is 4. The van der Waals surface area contributed by atoms with Gasteiger partial charge in [0.05, 0.1) is 17.8 Å². The first kappa shape index (κ1) is 22.4. The molecule has 6 nitrogen and oxygen atoms in total. The molecule has 3 fully saturated rings. The van der Waals surface area contributed by atoms with Gasteiger partial charge in [0.25, 0.3) is 0 Å². The minimum atomic E-state index is -4.09. The van der Waals surface area contributed by atoms with Crippen molar-refractivity contribution in [1.29, 1.82) is 0 Å². The van der Waals surface area contributed by atoms with Crippen LogP contribution in [0.25, 0.3) is 5.52 Å². The fraction of sp³-hybridized carbons (Fsp3) is 0.714. The molecule has 0 unspecified atom stereocenters. The number of thiol groups is 1. The van der Waals surface area contributed by atoms with Crippen LogP contribution >= 0.6 is 11.6 Å².